The lowest BCUT2D eigenvalue weighted by Crippen LogP contribution is -2.36. The quantitative estimate of drug-likeness (QED) is 0.380. The van der Waals surface area contributed by atoms with Crippen LogP contribution < -0.4 is 5.32 Å². The normalized spacial score (nSPS) is 18.8. The maximum absolute atomic E-state index is 13.9. The second kappa shape index (κ2) is 8.43. The van der Waals surface area contributed by atoms with Gasteiger partial charge in [-0.3, -0.25) is 4.68 Å². The third-order valence-electron chi connectivity index (χ3n) is 5.33. The van der Waals surface area contributed by atoms with Crippen molar-refractivity contribution in [2.45, 2.75) is 43.5 Å². The zero-order valence-corrected chi connectivity index (χ0v) is 18.2. The van der Waals surface area contributed by atoms with E-state index in [1.807, 2.05) is 0 Å². The molecule has 0 saturated heterocycles. The number of nitrogens with one attached hydrogen (secondary N) is 1. The van der Waals surface area contributed by atoms with Crippen molar-refractivity contribution in [1.82, 2.24) is 20.3 Å². The lowest BCUT2D eigenvalue weighted by Gasteiger charge is -2.19. The number of hydrogen-bond acceptors (Lipinski definition) is 4. The summed E-state index contributed by atoms with van der Waals surface area (Å²) in [4.78, 5) is 0. The fraction of sp³-hybridized carbons (Fsp3) is 0.400. The van der Waals surface area contributed by atoms with Gasteiger partial charge in [0, 0.05) is 36.3 Å². The highest BCUT2D eigenvalue weighted by Crippen LogP contribution is 2.50. The van der Waals surface area contributed by atoms with Crippen LogP contribution in [0.15, 0.2) is 28.8 Å². The van der Waals surface area contributed by atoms with Gasteiger partial charge in [-0.2, -0.15) is 40.2 Å². The van der Waals surface area contributed by atoms with E-state index in [-0.39, 0.29) is 28.6 Å². The minimum Gasteiger partial charge on any atom is -0.356 e. The molecule has 5 nitrogen and oxygen atoms in total. The standard InChI is InChI=1S/C20H14ClF9N4O/c1-34-16(15(19(25,26)27)17(32-34)18(23,24)20(28,29)30)13-6-14(35-33-13)8-2-3-10(21)9(4-8)7-31-12-5-11(12)22/h2-4,6,11-12,31H,5,7H2,1H3. The molecule has 15 heteroatoms. The van der Waals surface area contributed by atoms with E-state index in [9.17, 15) is 39.5 Å². The Morgan fingerprint density at radius 1 is 1.11 bits per heavy atom. The molecule has 1 aliphatic rings. The van der Waals surface area contributed by atoms with Crippen LogP contribution in [0.5, 0.6) is 0 Å². The SMILES string of the molecule is Cn1nc(C(F)(F)C(F)(F)F)c(C(F)(F)F)c1-c1cc(-c2ccc(Cl)c(CNC3CC3F)c2)on1. The van der Waals surface area contributed by atoms with Gasteiger partial charge < -0.3 is 9.84 Å². The molecule has 35 heavy (non-hydrogen) atoms. The molecule has 0 radical (unpaired) electrons. The van der Waals surface area contributed by atoms with Gasteiger partial charge in [-0.1, -0.05) is 16.8 Å². The van der Waals surface area contributed by atoms with Crippen LogP contribution in [0.2, 0.25) is 5.02 Å². The topological polar surface area (TPSA) is 55.9 Å². The van der Waals surface area contributed by atoms with Crippen LogP contribution in [0.3, 0.4) is 0 Å². The van der Waals surface area contributed by atoms with Gasteiger partial charge in [-0.05, 0) is 30.2 Å². The van der Waals surface area contributed by atoms with Crippen LogP contribution in [0.25, 0.3) is 22.7 Å². The zero-order chi connectivity index (χ0) is 25.9. The van der Waals surface area contributed by atoms with Gasteiger partial charge in [0.15, 0.2) is 11.5 Å². The summed E-state index contributed by atoms with van der Waals surface area (Å²) < 4.78 is 126. The molecule has 1 saturated carbocycles. The third kappa shape index (κ3) is 4.73. The monoisotopic (exact) mass is 532 g/mol. The molecule has 2 aromatic heterocycles. The first-order chi connectivity index (χ1) is 16.1. The second-order valence-corrected chi connectivity index (χ2v) is 8.29. The predicted octanol–water partition coefficient (Wildman–Crippen LogP) is 6.27. The first kappa shape index (κ1) is 25.4. The smallest absolute Gasteiger partial charge is 0.356 e. The molecule has 2 atom stereocenters. The highest BCUT2D eigenvalue weighted by molar-refractivity contribution is 6.31. The number of alkyl halides is 9. The number of hydrogen-bond donors (Lipinski definition) is 1. The molecule has 1 N–H and O–H groups in total. The van der Waals surface area contributed by atoms with Gasteiger partial charge >= 0.3 is 18.3 Å². The Hall–Kier alpha value is -2.74. The average Bonchev–Trinajstić information content (AvgIpc) is 3.11. The molecular weight excluding hydrogens is 519 g/mol. The minimum absolute atomic E-state index is 0.119. The largest absolute Gasteiger partial charge is 0.459 e. The summed E-state index contributed by atoms with van der Waals surface area (Å²) in [6, 6.07) is 5.00. The van der Waals surface area contributed by atoms with Crippen LogP contribution in [0.4, 0.5) is 39.5 Å². The van der Waals surface area contributed by atoms with Gasteiger partial charge in [0.05, 0.1) is 0 Å². The predicted molar refractivity (Wildman–Crippen MR) is 104 cm³/mol. The highest BCUT2D eigenvalue weighted by atomic mass is 35.5. The molecule has 0 aliphatic heterocycles. The Balaban J connectivity index is 1.74. The van der Waals surface area contributed by atoms with Gasteiger partial charge in [0.1, 0.15) is 23.1 Å². The van der Waals surface area contributed by atoms with Gasteiger partial charge in [-0.15, -0.1) is 0 Å². The minimum atomic E-state index is -6.32. The number of rotatable bonds is 6. The van der Waals surface area contributed by atoms with Crippen molar-refractivity contribution in [2.75, 3.05) is 0 Å². The Bertz CT molecular complexity index is 1250. The summed E-state index contributed by atoms with van der Waals surface area (Å²) in [5, 5.41) is 9.52. The van der Waals surface area contributed by atoms with E-state index in [2.05, 4.69) is 15.6 Å². The van der Waals surface area contributed by atoms with Crippen LogP contribution in [-0.4, -0.2) is 33.3 Å². The molecule has 3 aromatic rings. The van der Waals surface area contributed by atoms with Crippen LogP contribution in [0.1, 0.15) is 23.2 Å². The zero-order valence-electron chi connectivity index (χ0n) is 17.4. The van der Waals surface area contributed by atoms with Crippen molar-refractivity contribution in [3.8, 4) is 22.7 Å². The summed E-state index contributed by atoms with van der Waals surface area (Å²) in [7, 11) is 0.775. The summed E-state index contributed by atoms with van der Waals surface area (Å²) in [5.74, 6) is -6.00. The van der Waals surface area contributed by atoms with Crippen molar-refractivity contribution >= 4 is 11.6 Å². The first-order valence-electron chi connectivity index (χ1n) is 9.83. The number of aryl methyl sites for hydroxylation is 1. The number of benzene rings is 1. The van der Waals surface area contributed by atoms with Gasteiger partial charge in [0.2, 0.25) is 0 Å². The lowest BCUT2D eigenvalue weighted by molar-refractivity contribution is -0.292. The molecule has 1 aromatic carbocycles. The van der Waals surface area contributed by atoms with E-state index in [4.69, 9.17) is 16.1 Å². The van der Waals surface area contributed by atoms with E-state index >= 15 is 0 Å². The molecule has 4 rings (SSSR count). The molecule has 2 unspecified atom stereocenters. The number of halogens is 10. The van der Waals surface area contributed by atoms with Crippen molar-refractivity contribution in [1.29, 1.82) is 0 Å². The van der Waals surface area contributed by atoms with Crippen molar-refractivity contribution < 1.29 is 44.0 Å². The Morgan fingerprint density at radius 2 is 1.77 bits per heavy atom. The second-order valence-electron chi connectivity index (χ2n) is 7.89. The molecule has 0 spiro atoms. The Morgan fingerprint density at radius 3 is 2.34 bits per heavy atom. The van der Waals surface area contributed by atoms with Gasteiger partial charge in [-0.25, -0.2) is 4.39 Å². The summed E-state index contributed by atoms with van der Waals surface area (Å²) in [5.41, 5.74) is -5.80. The third-order valence-corrected chi connectivity index (χ3v) is 5.70. The van der Waals surface area contributed by atoms with E-state index in [0.717, 1.165) is 13.1 Å². The molecular formula is C20H14ClF9N4O. The molecule has 0 bridgehead atoms. The van der Waals surface area contributed by atoms with E-state index in [0.29, 0.717) is 17.0 Å². The number of aromatic nitrogens is 3. The summed E-state index contributed by atoms with van der Waals surface area (Å²) >= 11 is 6.12. The van der Waals surface area contributed by atoms with Crippen molar-refractivity contribution in [3.63, 3.8) is 0 Å². The lowest BCUT2D eigenvalue weighted by atomic mass is 10.0. The maximum Gasteiger partial charge on any atom is 0.459 e. The highest BCUT2D eigenvalue weighted by Gasteiger charge is 2.64. The maximum atomic E-state index is 13.9. The van der Waals surface area contributed by atoms with E-state index < -0.39 is 47.1 Å². The molecule has 0 amide bonds. The Kier molecular flexibility index (Phi) is 6.11. The van der Waals surface area contributed by atoms with Crippen LogP contribution >= 0.6 is 11.6 Å². The molecule has 1 fully saturated rings. The average molecular weight is 533 g/mol. The van der Waals surface area contributed by atoms with E-state index in [1.54, 1.807) is 0 Å². The van der Waals surface area contributed by atoms with Crippen LogP contribution in [0, 0.1) is 0 Å². The first-order valence-corrected chi connectivity index (χ1v) is 10.2. The van der Waals surface area contributed by atoms with E-state index in [1.165, 1.54) is 18.2 Å². The molecule has 190 valence electrons. The van der Waals surface area contributed by atoms with Crippen LogP contribution in [-0.2, 0) is 25.7 Å². The molecule has 2 heterocycles. The van der Waals surface area contributed by atoms with Crippen molar-refractivity contribution in [3.05, 3.63) is 46.1 Å². The summed E-state index contributed by atoms with van der Waals surface area (Å²) in [6.07, 6.45) is -12.6. The van der Waals surface area contributed by atoms with Crippen molar-refractivity contribution in [2.24, 2.45) is 7.05 Å². The number of nitrogens with zero attached hydrogens (tertiary/aromatic N) is 3. The van der Waals surface area contributed by atoms with Gasteiger partial charge in [0.25, 0.3) is 0 Å². The summed E-state index contributed by atoms with van der Waals surface area (Å²) in [6.45, 7) is 0.175. The fourth-order valence-corrected chi connectivity index (χ4v) is 3.63. The molecule has 1 aliphatic carbocycles. The Labute approximate surface area is 195 Å². The fourth-order valence-electron chi connectivity index (χ4n) is 3.44.